The minimum atomic E-state index is 0.0332. The summed E-state index contributed by atoms with van der Waals surface area (Å²) in [6, 6.07) is 9.00. The molecular formula is C21H28N4O. The van der Waals surface area contributed by atoms with Crippen molar-refractivity contribution < 1.29 is 4.74 Å². The monoisotopic (exact) mass is 352 g/mol. The van der Waals surface area contributed by atoms with Gasteiger partial charge >= 0.3 is 0 Å². The smallest absolute Gasteiger partial charge is 0.222 e. The molecule has 1 N–H and O–H groups in total. The lowest BCUT2D eigenvalue weighted by Crippen LogP contribution is -2.44. The molecule has 0 amide bonds. The van der Waals surface area contributed by atoms with Crippen LogP contribution in [0.25, 0.3) is 0 Å². The average molecular weight is 352 g/mol. The van der Waals surface area contributed by atoms with Gasteiger partial charge in [0.2, 0.25) is 5.95 Å². The second kappa shape index (κ2) is 7.33. The summed E-state index contributed by atoms with van der Waals surface area (Å²) in [6.45, 7) is 8.34. The number of aryl methyl sites for hydroxylation is 2. The number of nitrogens with one attached hydrogen (secondary N) is 1. The molecule has 138 valence electrons. The van der Waals surface area contributed by atoms with Crippen LogP contribution in [-0.4, -0.2) is 46.2 Å². The maximum Gasteiger partial charge on any atom is 0.222 e. The van der Waals surface area contributed by atoms with Gasteiger partial charge in [-0.25, -0.2) is 9.97 Å². The van der Waals surface area contributed by atoms with E-state index in [1.807, 2.05) is 6.07 Å². The molecule has 1 atom stereocenters. The van der Waals surface area contributed by atoms with E-state index in [4.69, 9.17) is 4.74 Å². The van der Waals surface area contributed by atoms with E-state index < -0.39 is 0 Å². The lowest BCUT2D eigenvalue weighted by Gasteiger charge is -2.38. The van der Waals surface area contributed by atoms with Gasteiger partial charge in [0.1, 0.15) is 0 Å². The van der Waals surface area contributed by atoms with Crippen LogP contribution in [-0.2, 0) is 11.3 Å². The average Bonchev–Trinajstić information content (AvgIpc) is 3.00. The van der Waals surface area contributed by atoms with Gasteiger partial charge in [-0.2, -0.15) is 0 Å². The molecule has 1 spiro atoms. The van der Waals surface area contributed by atoms with Crippen molar-refractivity contribution in [1.29, 1.82) is 0 Å². The Hall–Kier alpha value is -1.98. The number of nitrogens with zero attached hydrogens (tertiary/aromatic N) is 3. The fraction of sp³-hybridized carbons (Fsp3) is 0.524. The van der Waals surface area contributed by atoms with E-state index in [-0.39, 0.29) is 5.60 Å². The first-order valence-corrected chi connectivity index (χ1v) is 9.57. The van der Waals surface area contributed by atoms with Crippen molar-refractivity contribution in [3.63, 3.8) is 0 Å². The second-order valence-corrected chi connectivity index (χ2v) is 7.88. The minimum Gasteiger partial charge on any atom is -0.373 e. The van der Waals surface area contributed by atoms with E-state index in [0.29, 0.717) is 12.0 Å². The maximum absolute atomic E-state index is 6.26. The van der Waals surface area contributed by atoms with Gasteiger partial charge in [-0.15, -0.1) is 0 Å². The Morgan fingerprint density at radius 2 is 1.81 bits per heavy atom. The Morgan fingerprint density at radius 1 is 1.12 bits per heavy atom. The first kappa shape index (κ1) is 17.4. The second-order valence-electron chi connectivity index (χ2n) is 7.88. The Morgan fingerprint density at radius 3 is 2.50 bits per heavy atom. The fourth-order valence-corrected chi connectivity index (χ4v) is 4.38. The van der Waals surface area contributed by atoms with Crippen LogP contribution in [0.2, 0.25) is 0 Å². The lowest BCUT2D eigenvalue weighted by molar-refractivity contribution is -0.0448. The van der Waals surface area contributed by atoms with E-state index in [1.54, 1.807) is 12.4 Å². The van der Waals surface area contributed by atoms with E-state index in [9.17, 15) is 0 Å². The summed E-state index contributed by atoms with van der Waals surface area (Å²) in [6.07, 6.45) is 6.79. The van der Waals surface area contributed by atoms with Crippen LogP contribution in [0.4, 0.5) is 5.95 Å². The van der Waals surface area contributed by atoms with Crippen LogP contribution in [0.3, 0.4) is 0 Å². The number of anilines is 1. The zero-order chi connectivity index (χ0) is 18.0. The molecule has 1 aromatic heterocycles. The van der Waals surface area contributed by atoms with Crippen molar-refractivity contribution in [3.8, 4) is 0 Å². The van der Waals surface area contributed by atoms with Crippen LogP contribution in [0.1, 0.15) is 36.0 Å². The topological polar surface area (TPSA) is 50.3 Å². The van der Waals surface area contributed by atoms with Gasteiger partial charge in [0, 0.05) is 32.0 Å². The van der Waals surface area contributed by atoms with Crippen molar-refractivity contribution >= 4 is 5.95 Å². The van der Waals surface area contributed by atoms with Crippen molar-refractivity contribution in [2.24, 2.45) is 0 Å². The maximum atomic E-state index is 6.26. The normalized spacial score (nSPS) is 22.6. The summed E-state index contributed by atoms with van der Waals surface area (Å²) in [5.74, 6) is 0.699. The molecule has 0 saturated carbocycles. The van der Waals surface area contributed by atoms with Gasteiger partial charge in [0.15, 0.2) is 0 Å². The third-order valence-electron chi connectivity index (χ3n) is 5.56. The Bertz CT molecular complexity index is 721. The first-order valence-electron chi connectivity index (χ1n) is 9.57. The molecule has 2 aliphatic rings. The van der Waals surface area contributed by atoms with Crippen LogP contribution < -0.4 is 5.32 Å². The molecule has 4 rings (SSSR count). The molecule has 2 aromatic rings. The Kier molecular flexibility index (Phi) is 4.92. The molecular weight excluding hydrogens is 324 g/mol. The van der Waals surface area contributed by atoms with E-state index in [1.165, 1.54) is 16.7 Å². The highest BCUT2D eigenvalue weighted by Gasteiger charge is 2.42. The van der Waals surface area contributed by atoms with Gasteiger partial charge in [-0.1, -0.05) is 29.3 Å². The molecule has 26 heavy (non-hydrogen) atoms. The quantitative estimate of drug-likeness (QED) is 0.915. The number of hydrogen-bond acceptors (Lipinski definition) is 5. The van der Waals surface area contributed by atoms with Gasteiger partial charge in [0.05, 0.1) is 18.2 Å². The Labute approximate surface area is 155 Å². The van der Waals surface area contributed by atoms with Crippen LogP contribution in [0.5, 0.6) is 0 Å². The van der Waals surface area contributed by atoms with Gasteiger partial charge < -0.3 is 10.1 Å². The summed E-state index contributed by atoms with van der Waals surface area (Å²) in [5, 5.41) is 3.42. The van der Waals surface area contributed by atoms with E-state index in [2.05, 4.69) is 52.2 Å². The minimum absolute atomic E-state index is 0.0332. The molecule has 0 unspecified atom stereocenters. The third kappa shape index (κ3) is 4.05. The van der Waals surface area contributed by atoms with Crippen LogP contribution in [0.15, 0.2) is 36.7 Å². The number of piperidine rings is 1. The molecule has 2 fully saturated rings. The fourth-order valence-electron chi connectivity index (χ4n) is 4.38. The number of rotatable bonds is 4. The van der Waals surface area contributed by atoms with Crippen molar-refractivity contribution in [2.45, 2.75) is 51.3 Å². The summed E-state index contributed by atoms with van der Waals surface area (Å²) in [4.78, 5) is 11.1. The SMILES string of the molecule is Cc1cc(C)cc(CN2CCC3(CC2)C[C@H](Nc2ncccn2)CO3)c1. The highest BCUT2D eigenvalue weighted by Crippen LogP contribution is 2.37. The van der Waals surface area contributed by atoms with Gasteiger partial charge in [0.25, 0.3) is 0 Å². The predicted octanol–water partition coefficient (Wildman–Crippen LogP) is 3.33. The van der Waals surface area contributed by atoms with Crippen molar-refractivity contribution in [1.82, 2.24) is 14.9 Å². The van der Waals surface area contributed by atoms with Crippen molar-refractivity contribution in [3.05, 3.63) is 53.3 Å². The molecule has 0 aliphatic carbocycles. The van der Waals surface area contributed by atoms with Crippen molar-refractivity contribution in [2.75, 3.05) is 25.0 Å². The highest BCUT2D eigenvalue weighted by atomic mass is 16.5. The standard InChI is InChI=1S/C21H28N4O/c1-16-10-17(2)12-18(11-16)14-25-8-4-21(5-9-25)13-19(15-26-21)24-20-22-6-3-7-23-20/h3,6-7,10-12,19H,4-5,8-9,13-15H2,1-2H3,(H,22,23,24)/t19-/m0/s1. The first-order chi connectivity index (χ1) is 12.6. The number of aromatic nitrogens is 2. The Balaban J connectivity index is 1.30. The number of ether oxygens (including phenoxy) is 1. The predicted molar refractivity (Wildman–Crippen MR) is 103 cm³/mol. The van der Waals surface area contributed by atoms with Gasteiger partial charge in [-0.05, 0) is 44.7 Å². The molecule has 5 nitrogen and oxygen atoms in total. The van der Waals surface area contributed by atoms with E-state index in [0.717, 1.165) is 45.5 Å². The molecule has 2 aliphatic heterocycles. The molecule has 3 heterocycles. The molecule has 0 radical (unpaired) electrons. The van der Waals surface area contributed by atoms with Crippen LogP contribution >= 0.6 is 0 Å². The molecule has 2 saturated heterocycles. The summed E-state index contributed by atoms with van der Waals surface area (Å²) in [5.41, 5.74) is 4.16. The summed E-state index contributed by atoms with van der Waals surface area (Å²) >= 11 is 0. The summed E-state index contributed by atoms with van der Waals surface area (Å²) in [7, 11) is 0. The lowest BCUT2D eigenvalue weighted by atomic mass is 9.87. The molecule has 5 heteroatoms. The highest BCUT2D eigenvalue weighted by molar-refractivity contribution is 5.28. The number of hydrogen-bond donors (Lipinski definition) is 1. The number of likely N-dealkylation sites (tertiary alicyclic amines) is 1. The van der Waals surface area contributed by atoms with Gasteiger partial charge in [-0.3, -0.25) is 4.90 Å². The zero-order valence-corrected chi connectivity index (χ0v) is 15.7. The van der Waals surface area contributed by atoms with Crippen LogP contribution in [0, 0.1) is 13.8 Å². The molecule has 0 bridgehead atoms. The zero-order valence-electron chi connectivity index (χ0n) is 15.7. The molecule has 1 aromatic carbocycles. The summed E-state index contributed by atoms with van der Waals surface area (Å²) < 4.78 is 6.26. The third-order valence-corrected chi connectivity index (χ3v) is 5.56. The van der Waals surface area contributed by atoms with E-state index >= 15 is 0 Å². The number of benzene rings is 1. The largest absolute Gasteiger partial charge is 0.373 e.